The molecule has 2 rings (SSSR count). The van der Waals surface area contributed by atoms with E-state index < -0.39 is 29.9 Å². The molecule has 0 radical (unpaired) electrons. The number of imidazole rings is 1. The van der Waals surface area contributed by atoms with Crippen molar-refractivity contribution in [1.82, 2.24) is 14.9 Å². The Balaban J connectivity index is 2.00. The number of nitrogens with one attached hydrogen (secondary N) is 1. The zero-order valence-corrected chi connectivity index (χ0v) is 14.6. The maximum Gasteiger partial charge on any atom is 0.425 e. The van der Waals surface area contributed by atoms with Crippen molar-refractivity contribution in [3.63, 3.8) is 0 Å². The van der Waals surface area contributed by atoms with E-state index in [2.05, 4.69) is 10.3 Å². The lowest BCUT2D eigenvalue weighted by molar-refractivity contribution is -0.271. The van der Waals surface area contributed by atoms with Crippen molar-refractivity contribution in [3.05, 3.63) is 54.1 Å². The third-order valence-corrected chi connectivity index (χ3v) is 4.19. The molecule has 1 heterocycles. The number of halogens is 3. The summed E-state index contributed by atoms with van der Waals surface area (Å²) in [6, 6.07) is 9.24. The first kappa shape index (κ1) is 20.0. The van der Waals surface area contributed by atoms with Gasteiger partial charge in [-0.3, -0.25) is 4.79 Å². The molecule has 2 unspecified atom stereocenters. The molecule has 142 valence electrons. The maximum absolute atomic E-state index is 13.4. The number of hydrogen-bond acceptors (Lipinski definition) is 3. The van der Waals surface area contributed by atoms with E-state index in [0.717, 1.165) is 16.3 Å². The van der Waals surface area contributed by atoms with E-state index >= 15 is 0 Å². The molecule has 2 atom stereocenters. The van der Waals surface area contributed by atoms with Crippen LogP contribution in [0, 0.1) is 0 Å². The number of nitrogens with zero attached hydrogens (tertiary/aromatic N) is 2. The molecule has 0 aliphatic heterocycles. The molecule has 0 aliphatic carbocycles. The number of rotatable bonds is 7. The summed E-state index contributed by atoms with van der Waals surface area (Å²) in [7, 11) is 1.33. The Kier molecular flexibility index (Phi) is 6.07. The second kappa shape index (κ2) is 7.90. The SMILES string of the molecule is CC(CCc1ccccc1)NC(=O)CC(O)(c1nccn1C)C(F)(F)F. The van der Waals surface area contributed by atoms with Crippen molar-refractivity contribution < 1.29 is 23.1 Å². The Morgan fingerprint density at radius 1 is 1.31 bits per heavy atom. The predicted molar refractivity (Wildman–Crippen MR) is 90.1 cm³/mol. The van der Waals surface area contributed by atoms with Crippen LogP contribution in [-0.4, -0.2) is 32.8 Å². The van der Waals surface area contributed by atoms with Gasteiger partial charge in [0, 0.05) is 25.5 Å². The number of amides is 1. The molecule has 1 aromatic carbocycles. The molecule has 0 fully saturated rings. The maximum atomic E-state index is 13.4. The van der Waals surface area contributed by atoms with E-state index in [1.54, 1.807) is 6.92 Å². The van der Waals surface area contributed by atoms with Gasteiger partial charge in [0.15, 0.2) is 5.82 Å². The zero-order valence-electron chi connectivity index (χ0n) is 14.6. The van der Waals surface area contributed by atoms with Crippen LogP contribution >= 0.6 is 0 Å². The molecule has 2 N–H and O–H groups in total. The molecule has 0 bridgehead atoms. The van der Waals surface area contributed by atoms with E-state index in [1.165, 1.54) is 13.2 Å². The molecule has 0 saturated carbocycles. The molecule has 0 aliphatic rings. The highest BCUT2D eigenvalue weighted by atomic mass is 19.4. The van der Waals surface area contributed by atoms with Crippen molar-refractivity contribution in [2.24, 2.45) is 7.05 Å². The quantitative estimate of drug-likeness (QED) is 0.789. The summed E-state index contributed by atoms with van der Waals surface area (Å²) in [6.07, 6.45) is -2.49. The molecular weight excluding hydrogens is 347 g/mol. The van der Waals surface area contributed by atoms with E-state index in [9.17, 15) is 23.1 Å². The Bertz CT molecular complexity index is 731. The van der Waals surface area contributed by atoms with Gasteiger partial charge in [0.25, 0.3) is 0 Å². The molecule has 2 aromatic rings. The first-order valence-electron chi connectivity index (χ1n) is 8.23. The minimum Gasteiger partial charge on any atom is -0.374 e. The van der Waals surface area contributed by atoms with E-state index in [1.807, 2.05) is 30.3 Å². The number of aromatic nitrogens is 2. The van der Waals surface area contributed by atoms with Crippen LogP contribution in [0.1, 0.15) is 31.2 Å². The summed E-state index contributed by atoms with van der Waals surface area (Å²) in [5.41, 5.74) is -2.26. The fraction of sp³-hybridized carbons (Fsp3) is 0.444. The number of hydrogen-bond donors (Lipinski definition) is 2. The molecule has 0 spiro atoms. The second-order valence-corrected chi connectivity index (χ2v) is 6.39. The Morgan fingerprint density at radius 2 is 1.96 bits per heavy atom. The van der Waals surface area contributed by atoms with Crippen LogP contribution in [0.3, 0.4) is 0 Å². The van der Waals surface area contributed by atoms with Gasteiger partial charge in [0.1, 0.15) is 0 Å². The lowest BCUT2D eigenvalue weighted by Gasteiger charge is -2.29. The average Bonchev–Trinajstić information content (AvgIpc) is 2.99. The highest BCUT2D eigenvalue weighted by Gasteiger charge is 2.58. The van der Waals surface area contributed by atoms with Crippen molar-refractivity contribution in [1.29, 1.82) is 0 Å². The molecule has 0 saturated heterocycles. The van der Waals surface area contributed by atoms with Crippen molar-refractivity contribution in [2.75, 3.05) is 0 Å². The lowest BCUT2D eigenvalue weighted by Crippen LogP contribution is -2.48. The Morgan fingerprint density at radius 3 is 2.50 bits per heavy atom. The molecule has 8 heteroatoms. The standard InChI is InChI=1S/C18H22F3N3O2/c1-13(8-9-14-6-4-3-5-7-14)23-15(25)12-17(26,18(19,20)21)16-22-10-11-24(16)2/h3-7,10-11,13,26H,8-9,12H2,1-2H3,(H,23,25). The van der Waals surface area contributed by atoms with Crippen LogP contribution in [0.15, 0.2) is 42.7 Å². The number of carbonyl (C=O) groups excluding carboxylic acids is 1. The fourth-order valence-corrected chi connectivity index (χ4v) is 2.73. The topological polar surface area (TPSA) is 67.2 Å². The van der Waals surface area contributed by atoms with Crippen molar-refractivity contribution >= 4 is 5.91 Å². The number of alkyl halides is 3. The zero-order chi connectivity index (χ0) is 19.4. The van der Waals surface area contributed by atoms with E-state index in [4.69, 9.17) is 0 Å². The first-order valence-corrected chi connectivity index (χ1v) is 8.23. The molecular formula is C18H22F3N3O2. The van der Waals surface area contributed by atoms with Crippen LogP contribution in [0.5, 0.6) is 0 Å². The van der Waals surface area contributed by atoms with Gasteiger partial charge < -0.3 is 15.0 Å². The molecule has 5 nitrogen and oxygen atoms in total. The van der Waals surface area contributed by atoms with Gasteiger partial charge in [-0.1, -0.05) is 30.3 Å². The van der Waals surface area contributed by atoms with Crippen LogP contribution in [0.4, 0.5) is 13.2 Å². The number of aliphatic hydroxyl groups is 1. The summed E-state index contributed by atoms with van der Waals surface area (Å²) >= 11 is 0. The summed E-state index contributed by atoms with van der Waals surface area (Å²) in [5.74, 6) is -1.49. The number of carbonyl (C=O) groups is 1. The third-order valence-electron chi connectivity index (χ3n) is 4.19. The number of benzene rings is 1. The van der Waals surface area contributed by atoms with Crippen LogP contribution < -0.4 is 5.32 Å². The van der Waals surface area contributed by atoms with E-state index in [-0.39, 0.29) is 6.04 Å². The highest BCUT2D eigenvalue weighted by molar-refractivity contribution is 5.77. The van der Waals surface area contributed by atoms with Crippen LogP contribution in [-0.2, 0) is 23.9 Å². The average molecular weight is 369 g/mol. The van der Waals surface area contributed by atoms with Gasteiger partial charge in [0.2, 0.25) is 11.5 Å². The Hall–Kier alpha value is -2.35. The largest absolute Gasteiger partial charge is 0.425 e. The monoisotopic (exact) mass is 369 g/mol. The third kappa shape index (κ3) is 4.63. The summed E-state index contributed by atoms with van der Waals surface area (Å²) in [6.45, 7) is 1.72. The first-order chi connectivity index (χ1) is 12.1. The number of aryl methyl sites for hydroxylation is 2. The molecule has 1 amide bonds. The second-order valence-electron chi connectivity index (χ2n) is 6.39. The van der Waals surface area contributed by atoms with E-state index in [0.29, 0.717) is 12.8 Å². The highest BCUT2D eigenvalue weighted by Crippen LogP contribution is 2.40. The minimum atomic E-state index is -5.03. The summed E-state index contributed by atoms with van der Waals surface area (Å²) in [4.78, 5) is 15.7. The van der Waals surface area contributed by atoms with Gasteiger partial charge >= 0.3 is 6.18 Å². The van der Waals surface area contributed by atoms with Crippen molar-refractivity contribution in [2.45, 2.75) is 44.0 Å². The van der Waals surface area contributed by atoms with Gasteiger partial charge in [-0.25, -0.2) is 4.98 Å². The smallest absolute Gasteiger partial charge is 0.374 e. The molecule has 26 heavy (non-hydrogen) atoms. The van der Waals surface area contributed by atoms with Crippen LogP contribution in [0.25, 0.3) is 0 Å². The molecule has 1 aromatic heterocycles. The summed E-state index contributed by atoms with van der Waals surface area (Å²) < 4.78 is 41.3. The normalized spacial score (nSPS) is 15.3. The fourth-order valence-electron chi connectivity index (χ4n) is 2.73. The van der Waals surface area contributed by atoms with Gasteiger partial charge in [0.05, 0.1) is 6.42 Å². The van der Waals surface area contributed by atoms with Crippen molar-refractivity contribution in [3.8, 4) is 0 Å². The minimum absolute atomic E-state index is 0.332. The van der Waals surface area contributed by atoms with Gasteiger partial charge in [-0.2, -0.15) is 13.2 Å². The van der Waals surface area contributed by atoms with Crippen LogP contribution in [0.2, 0.25) is 0 Å². The van der Waals surface area contributed by atoms with Gasteiger partial charge in [-0.15, -0.1) is 0 Å². The van der Waals surface area contributed by atoms with Gasteiger partial charge in [-0.05, 0) is 25.3 Å². The Labute approximate surface area is 149 Å². The lowest BCUT2D eigenvalue weighted by atomic mass is 9.96. The predicted octanol–water partition coefficient (Wildman–Crippen LogP) is 2.70. The summed E-state index contributed by atoms with van der Waals surface area (Å²) in [5, 5.41) is 12.7.